The Bertz CT molecular complexity index is 2860. The summed E-state index contributed by atoms with van der Waals surface area (Å²) >= 11 is 0. The molecule has 0 atom stereocenters. The minimum atomic E-state index is 0.613. The summed E-state index contributed by atoms with van der Waals surface area (Å²) in [4.78, 5) is 25.1. The standard InChI is InChI=1S/C58H45N5/c1-40(19-16-17-32-59-3)52-37-48(31-30-41(52)2)46-28-18-29-47(33-46)49-34-50(57-60-53(42-20-8-4-9-21-42)38-54(61-57)43-22-10-5-11-23-43)36-51(35-49)58-62-55(44-24-12-6-13-25-44)39-56(63-58)45-26-14-7-15-27-45/h4-39H,1-3H3/b17-16-,40-19+,59-32+. The Hall–Kier alpha value is -8.15. The Balaban J connectivity index is 1.24. The number of rotatable bonds is 11. The van der Waals surface area contributed by atoms with Gasteiger partial charge in [0, 0.05) is 46.6 Å². The van der Waals surface area contributed by atoms with Gasteiger partial charge in [0.15, 0.2) is 11.6 Å². The fraction of sp³-hybridized carbons (Fsp3) is 0.0517. The zero-order valence-corrected chi connectivity index (χ0v) is 35.5. The Labute approximate surface area is 369 Å². The van der Waals surface area contributed by atoms with Crippen molar-refractivity contribution < 1.29 is 0 Å². The van der Waals surface area contributed by atoms with E-state index in [9.17, 15) is 0 Å². The highest BCUT2D eigenvalue weighted by Crippen LogP contribution is 2.37. The first-order valence-electron chi connectivity index (χ1n) is 21.1. The molecule has 0 spiro atoms. The molecule has 2 aromatic heterocycles. The van der Waals surface area contributed by atoms with E-state index >= 15 is 0 Å². The molecule has 0 aliphatic heterocycles. The maximum absolute atomic E-state index is 5.26. The Morgan fingerprint density at radius 2 is 0.762 bits per heavy atom. The highest BCUT2D eigenvalue weighted by Gasteiger charge is 2.17. The summed E-state index contributed by atoms with van der Waals surface area (Å²) in [6, 6.07) is 67.3. The molecule has 9 rings (SSSR count). The molecule has 7 aromatic carbocycles. The largest absolute Gasteiger partial charge is 0.297 e. The molecular formula is C58H45N5. The van der Waals surface area contributed by atoms with Gasteiger partial charge in [0.05, 0.1) is 22.8 Å². The third-order valence-corrected chi connectivity index (χ3v) is 11.1. The van der Waals surface area contributed by atoms with Gasteiger partial charge >= 0.3 is 0 Å². The summed E-state index contributed by atoms with van der Waals surface area (Å²) in [5.74, 6) is 1.23. The van der Waals surface area contributed by atoms with Gasteiger partial charge < -0.3 is 0 Å². The first-order valence-corrected chi connectivity index (χ1v) is 21.1. The van der Waals surface area contributed by atoms with Crippen molar-refractivity contribution in [3.63, 3.8) is 0 Å². The van der Waals surface area contributed by atoms with Gasteiger partial charge in [-0.05, 0) is 101 Å². The second-order valence-corrected chi connectivity index (χ2v) is 15.4. The average molecular weight is 812 g/mol. The van der Waals surface area contributed by atoms with Crippen molar-refractivity contribution in [1.82, 2.24) is 19.9 Å². The van der Waals surface area contributed by atoms with Gasteiger partial charge in [-0.3, -0.25) is 4.99 Å². The quantitative estimate of drug-likeness (QED) is 0.0964. The number of nitrogens with zero attached hydrogens (tertiary/aromatic N) is 5. The zero-order chi connectivity index (χ0) is 43.0. The summed E-state index contributed by atoms with van der Waals surface area (Å²) in [7, 11) is 1.78. The molecule has 0 fully saturated rings. The van der Waals surface area contributed by atoms with Gasteiger partial charge in [0.1, 0.15) is 0 Å². The average Bonchev–Trinajstić information content (AvgIpc) is 3.36. The fourth-order valence-electron chi connectivity index (χ4n) is 7.76. The predicted octanol–water partition coefficient (Wildman–Crippen LogP) is 14.6. The predicted molar refractivity (Wildman–Crippen MR) is 263 cm³/mol. The highest BCUT2D eigenvalue weighted by molar-refractivity contribution is 5.84. The van der Waals surface area contributed by atoms with Crippen LogP contribution in [0.1, 0.15) is 18.1 Å². The first-order chi connectivity index (χ1) is 31.0. The van der Waals surface area contributed by atoms with Gasteiger partial charge in [-0.1, -0.05) is 164 Å². The van der Waals surface area contributed by atoms with Crippen LogP contribution in [0.5, 0.6) is 0 Å². The minimum Gasteiger partial charge on any atom is -0.297 e. The van der Waals surface area contributed by atoms with Crippen LogP contribution in [0.3, 0.4) is 0 Å². The highest BCUT2D eigenvalue weighted by atomic mass is 14.9. The molecule has 0 aliphatic rings. The summed E-state index contributed by atoms with van der Waals surface area (Å²) in [6.45, 7) is 4.31. The molecule has 9 aromatic rings. The van der Waals surface area contributed by atoms with Crippen molar-refractivity contribution in [3.05, 3.63) is 223 Å². The second-order valence-electron chi connectivity index (χ2n) is 15.4. The molecule has 5 heteroatoms. The van der Waals surface area contributed by atoms with E-state index in [0.717, 1.165) is 78.4 Å². The van der Waals surface area contributed by atoms with E-state index in [2.05, 4.69) is 146 Å². The number of aryl methyl sites for hydroxylation is 1. The van der Waals surface area contributed by atoms with Crippen molar-refractivity contribution in [2.24, 2.45) is 4.99 Å². The van der Waals surface area contributed by atoms with Crippen molar-refractivity contribution >= 4 is 11.8 Å². The lowest BCUT2D eigenvalue weighted by atomic mass is 9.93. The SMILES string of the molecule is C/N=C/C=C\C=C(/C)c1cc(-c2cccc(-c3cc(-c4nc(-c5ccccc5)cc(-c5ccccc5)n4)cc(-c4nc(-c5ccccc5)cc(-c5ccccc5)n4)c3)c2)ccc1C. The van der Waals surface area contributed by atoms with Gasteiger partial charge in [-0.15, -0.1) is 0 Å². The molecule has 0 amide bonds. The maximum atomic E-state index is 5.26. The van der Waals surface area contributed by atoms with E-state index < -0.39 is 0 Å². The molecule has 0 bridgehead atoms. The van der Waals surface area contributed by atoms with Gasteiger partial charge in [0.2, 0.25) is 0 Å². The third kappa shape index (κ3) is 9.29. The molecule has 0 aliphatic carbocycles. The molecule has 302 valence electrons. The van der Waals surface area contributed by atoms with E-state index in [1.165, 1.54) is 16.7 Å². The lowest BCUT2D eigenvalue weighted by Gasteiger charge is -2.15. The Morgan fingerprint density at radius 3 is 1.21 bits per heavy atom. The molecule has 0 unspecified atom stereocenters. The topological polar surface area (TPSA) is 63.9 Å². The Morgan fingerprint density at radius 1 is 0.381 bits per heavy atom. The van der Waals surface area contributed by atoms with Crippen LogP contribution in [0.2, 0.25) is 0 Å². The van der Waals surface area contributed by atoms with Crippen LogP contribution in [0.4, 0.5) is 0 Å². The number of hydrogen-bond donors (Lipinski definition) is 0. The normalized spacial score (nSPS) is 11.7. The molecule has 0 N–H and O–H groups in total. The van der Waals surface area contributed by atoms with E-state index in [1.807, 2.05) is 84.9 Å². The van der Waals surface area contributed by atoms with E-state index in [1.54, 1.807) is 13.3 Å². The molecule has 5 nitrogen and oxygen atoms in total. The van der Waals surface area contributed by atoms with E-state index in [0.29, 0.717) is 11.6 Å². The lowest BCUT2D eigenvalue weighted by Crippen LogP contribution is -1.99. The molecule has 0 radical (unpaired) electrons. The van der Waals surface area contributed by atoms with Crippen LogP contribution in [0.15, 0.2) is 217 Å². The molecule has 63 heavy (non-hydrogen) atoms. The van der Waals surface area contributed by atoms with Crippen molar-refractivity contribution in [2.75, 3.05) is 7.05 Å². The van der Waals surface area contributed by atoms with Gasteiger partial charge in [0.25, 0.3) is 0 Å². The van der Waals surface area contributed by atoms with E-state index in [-0.39, 0.29) is 0 Å². The van der Waals surface area contributed by atoms with E-state index in [4.69, 9.17) is 19.9 Å². The van der Waals surface area contributed by atoms with Crippen LogP contribution in [0, 0.1) is 6.92 Å². The molecule has 2 heterocycles. The third-order valence-electron chi connectivity index (χ3n) is 11.1. The zero-order valence-electron chi connectivity index (χ0n) is 35.5. The van der Waals surface area contributed by atoms with Crippen molar-refractivity contribution in [2.45, 2.75) is 13.8 Å². The summed E-state index contributed by atoms with van der Waals surface area (Å²) < 4.78 is 0. The van der Waals surface area contributed by atoms with Crippen LogP contribution < -0.4 is 0 Å². The van der Waals surface area contributed by atoms with Gasteiger partial charge in [-0.2, -0.15) is 0 Å². The van der Waals surface area contributed by atoms with Crippen LogP contribution in [0.25, 0.3) is 95.6 Å². The maximum Gasteiger partial charge on any atom is 0.160 e. The molecule has 0 saturated heterocycles. The second kappa shape index (κ2) is 18.6. The summed E-state index contributed by atoms with van der Waals surface area (Å²) in [5.41, 5.74) is 17.1. The van der Waals surface area contributed by atoms with Gasteiger partial charge in [-0.25, -0.2) is 19.9 Å². The monoisotopic (exact) mass is 811 g/mol. The number of hydrogen-bond acceptors (Lipinski definition) is 5. The number of aromatic nitrogens is 4. The van der Waals surface area contributed by atoms with Crippen LogP contribution in [-0.4, -0.2) is 33.2 Å². The molecular weight excluding hydrogens is 767 g/mol. The number of aliphatic imine (C=N–C) groups is 1. The summed E-state index contributed by atoms with van der Waals surface area (Å²) in [5, 5.41) is 0. The van der Waals surface area contributed by atoms with Crippen LogP contribution in [-0.2, 0) is 0 Å². The van der Waals surface area contributed by atoms with Crippen LogP contribution >= 0.6 is 0 Å². The Kier molecular flexibility index (Phi) is 11.9. The lowest BCUT2D eigenvalue weighted by molar-refractivity contribution is 1.17. The smallest absolute Gasteiger partial charge is 0.160 e. The minimum absolute atomic E-state index is 0.613. The number of benzene rings is 7. The van der Waals surface area contributed by atoms with Crippen molar-refractivity contribution in [3.8, 4) is 90.1 Å². The number of allylic oxidation sites excluding steroid dienone is 4. The van der Waals surface area contributed by atoms with Crippen molar-refractivity contribution in [1.29, 1.82) is 0 Å². The molecule has 0 saturated carbocycles. The fourth-order valence-corrected chi connectivity index (χ4v) is 7.76. The summed E-state index contributed by atoms with van der Waals surface area (Å²) in [6.07, 6.45) is 7.91. The first kappa shape index (κ1) is 40.3.